The normalized spacial score (nSPS) is 11.3. The van der Waals surface area contributed by atoms with Crippen molar-refractivity contribution in [2.45, 2.75) is 6.54 Å². The molecule has 0 fully saturated rings. The lowest BCUT2D eigenvalue weighted by molar-refractivity contribution is -0.469. The van der Waals surface area contributed by atoms with Gasteiger partial charge in [-0.15, -0.1) is 0 Å². The first-order chi connectivity index (χ1) is 8.79. The van der Waals surface area contributed by atoms with Crippen LogP contribution in [0.2, 0.25) is 0 Å². The smallest absolute Gasteiger partial charge is 0.185 e. The standard InChI is InChI=1S/C15H15NO2/c1-18-15-10-6-5-9-14(15)12-16(17)11-13-7-3-2-4-8-13/h2-10,12H,11H2,1H3. The molecule has 3 heteroatoms. The lowest BCUT2D eigenvalue weighted by atomic mass is 10.2. The lowest BCUT2D eigenvalue weighted by Crippen LogP contribution is -2.06. The summed E-state index contributed by atoms with van der Waals surface area (Å²) in [6.07, 6.45) is 1.55. The highest BCUT2D eigenvalue weighted by molar-refractivity contribution is 5.79. The zero-order valence-electron chi connectivity index (χ0n) is 10.2. The summed E-state index contributed by atoms with van der Waals surface area (Å²) in [4.78, 5) is 0. The maximum absolute atomic E-state index is 11.9. The van der Waals surface area contributed by atoms with Gasteiger partial charge in [0.05, 0.1) is 12.7 Å². The lowest BCUT2D eigenvalue weighted by Gasteiger charge is -2.06. The van der Waals surface area contributed by atoms with Crippen LogP contribution in [0.25, 0.3) is 0 Å². The molecule has 0 bridgehead atoms. The summed E-state index contributed by atoms with van der Waals surface area (Å²) in [6.45, 7) is 0.332. The average Bonchev–Trinajstić information content (AvgIpc) is 2.40. The molecule has 0 N–H and O–H groups in total. The molecule has 2 aromatic carbocycles. The van der Waals surface area contributed by atoms with Crippen LogP contribution in [-0.4, -0.2) is 18.1 Å². The summed E-state index contributed by atoms with van der Waals surface area (Å²) in [7, 11) is 1.60. The summed E-state index contributed by atoms with van der Waals surface area (Å²) in [6, 6.07) is 17.1. The fraction of sp³-hybridized carbons (Fsp3) is 0.133. The van der Waals surface area contributed by atoms with Crippen LogP contribution in [0.3, 0.4) is 0 Å². The molecule has 0 aliphatic heterocycles. The molecule has 92 valence electrons. The number of benzene rings is 2. The predicted molar refractivity (Wildman–Crippen MR) is 71.9 cm³/mol. The van der Waals surface area contributed by atoms with Crippen LogP contribution in [-0.2, 0) is 6.54 Å². The minimum atomic E-state index is 0.332. The minimum Gasteiger partial charge on any atom is -0.624 e. The number of hydrogen-bond acceptors (Lipinski definition) is 2. The fourth-order valence-electron chi connectivity index (χ4n) is 1.74. The summed E-state index contributed by atoms with van der Waals surface area (Å²) in [5, 5.41) is 11.9. The molecule has 2 rings (SSSR count). The van der Waals surface area contributed by atoms with Crippen LogP contribution < -0.4 is 4.74 Å². The number of rotatable bonds is 4. The number of hydroxylamine groups is 1. The topological polar surface area (TPSA) is 35.3 Å². The Morgan fingerprint density at radius 2 is 1.72 bits per heavy atom. The van der Waals surface area contributed by atoms with Crippen LogP contribution in [0.1, 0.15) is 11.1 Å². The van der Waals surface area contributed by atoms with Gasteiger partial charge in [-0.25, -0.2) is 4.74 Å². The van der Waals surface area contributed by atoms with Gasteiger partial charge < -0.3 is 9.94 Å². The third-order valence-electron chi connectivity index (χ3n) is 2.60. The maximum atomic E-state index is 11.9. The summed E-state index contributed by atoms with van der Waals surface area (Å²) < 4.78 is 6.11. The quantitative estimate of drug-likeness (QED) is 0.357. The van der Waals surface area contributed by atoms with Crippen LogP contribution in [0, 0.1) is 5.21 Å². The second kappa shape index (κ2) is 5.87. The van der Waals surface area contributed by atoms with Gasteiger partial charge in [0.15, 0.2) is 12.8 Å². The van der Waals surface area contributed by atoms with Gasteiger partial charge >= 0.3 is 0 Å². The second-order valence-corrected chi connectivity index (χ2v) is 3.93. The van der Waals surface area contributed by atoms with Gasteiger partial charge in [0, 0.05) is 5.56 Å². The zero-order valence-corrected chi connectivity index (χ0v) is 10.2. The minimum absolute atomic E-state index is 0.332. The van der Waals surface area contributed by atoms with Crippen LogP contribution in [0.5, 0.6) is 5.75 Å². The van der Waals surface area contributed by atoms with Crippen molar-refractivity contribution in [2.75, 3.05) is 7.11 Å². The van der Waals surface area contributed by atoms with Crippen molar-refractivity contribution in [2.24, 2.45) is 0 Å². The highest BCUT2D eigenvalue weighted by Gasteiger charge is 2.03. The third kappa shape index (κ3) is 3.10. The van der Waals surface area contributed by atoms with E-state index in [-0.39, 0.29) is 0 Å². The van der Waals surface area contributed by atoms with E-state index in [0.717, 1.165) is 15.9 Å². The molecule has 3 nitrogen and oxygen atoms in total. The van der Waals surface area contributed by atoms with E-state index in [0.29, 0.717) is 12.3 Å². The second-order valence-electron chi connectivity index (χ2n) is 3.93. The van der Waals surface area contributed by atoms with Crippen molar-refractivity contribution in [3.05, 3.63) is 70.9 Å². The summed E-state index contributed by atoms with van der Waals surface area (Å²) >= 11 is 0. The SMILES string of the molecule is COc1ccccc1C=[N+]([O-])Cc1ccccc1. The van der Waals surface area contributed by atoms with Gasteiger partial charge in [-0.2, -0.15) is 0 Å². The number of methoxy groups -OCH3 is 1. The number of ether oxygens (including phenoxy) is 1. The molecule has 2 aromatic rings. The van der Waals surface area contributed by atoms with E-state index >= 15 is 0 Å². The van der Waals surface area contributed by atoms with Crippen molar-refractivity contribution in [3.63, 3.8) is 0 Å². The third-order valence-corrected chi connectivity index (χ3v) is 2.60. The van der Waals surface area contributed by atoms with Gasteiger partial charge in [0.25, 0.3) is 0 Å². The first-order valence-corrected chi connectivity index (χ1v) is 5.75. The predicted octanol–water partition coefficient (Wildman–Crippen LogP) is 2.82. The van der Waals surface area contributed by atoms with Crippen molar-refractivity contribution in [1.82, 2.24) is 0 Å². The molecule has 0 atom stereocenters. The molecule has 0 spiro atoms. The fourth-order valence-corrected chi connectivity index (χ4v) is 1.74. The molecule has 0 aliphatic carbocycles. The Morgan fingerprint density at radius 1 is 1.06 bits per heavy atom. The van der Waals surface area contributed by atoms with Crippen LogP contribution >= 0.6 is 0 Å². The summed E-state index contributed by atoms with van der Waals surface area (Å²) in [5.74, 6) is 0.700. The maximum Gasteiger partial charge on any atom is 0.185 e. The highest BCUT2D eigenvalue weighted by atomic mass is 16.5. The molecule has 0 saturated heterocycles. The molecule has 0 unspecified atom stereocenters. The Kier molecular flexibility index (Phi) is 3.97. The first-order valence-electron chi connectivity index (χ1n) is 5.75. The van der Waals surface area contributed by atoms with Crippen molar-refractivity contribution >= 4 is 6.21 Å². The number of nitrogens with zero attached hydrogens (tertiary/aromatic N) is 1. The first kappa shape index (κ1) is 12.2. The molecule has 0 heterocycles. The van der Waals surface area contributed by atoms with Gasteiger partial charge in [-0.05, 0) is 12.1 Å². The zero-order chi connectivity index (χ0) is 12.8. The van der Waals surface area contributed by atoms with E-state index < -0.39 is 0 Å². The Hall–Kier alpha value is -2.29. The molecule has 0 radical (unpaired) electrons. The molecule has 0 amide bonds. The molecule has 18 heavy (non-hydrogen) atoms. The van der Waals surface area contributed by atoms with Crippen LogP contribution in [0.4, 0.5) is 0 Å². The summed E-state index contributed by atoms with van der Waals surface area (Å²) in [5.41, 5.74) is 1.77. The molecule has 0 aromatic heterocycles. The van der Waals surface area contributed by atoms with E-state index in [9.17, 15) is 5.21 Å². The van der Waals surface area contributed by atoms with E-state index in [2.05, 4.69) is 0 Å². The Morgan fingerprint density at radius 3 is 2.44 bits per heavy atom. The number of para-hydroxylation sites is 1. The van der Waals surface area contributed by atoms with Crippen LogP contribution in [0.15, 0.2) is 54.6 Å². The van der Waals surface area contributed by atoms with Gasteiger partial charge in [-0.1, -0.05) is 42.5 Å². The molecule has 0 aliphatic rings. The van der Waals surface area contributed by atoms with Crippen molar-refractivity contribution in [3.8, 4) is 5.75 Å². The van der Waals surface area contributed by atoms with Crippen molar-refractivity contribution < 1.29 is 9.48 Å². The Balaban J connectivity index is 2.18. The number of hydrogen-bond donors (Lipinski definition) is 0. The Labute approximate surface area is 107 Å². The van der Waals surface area contributed by atoms with Gasteiger partial charge in [0.1, 0.15) is 5.75 Å². The largest absolute Gasteiger partial charge is 0.624 e. The highest BCUT2D eigenvalue weighted by Crippen LogP contribution is 2.14. The monoisotopic (exact) mass is 241 g/mol. The van der Waals surface area contributed by atoms with Gasteiger partial charge in [-0.3, -0.25) is 0 Å². The molecular weight excluding hydrogens is 226 g/mol. The van der Waals surface area contributed by atoms with E-state index in [4.69, 9.17) is 4.74 Å². The van der Waals surface area contributed by atoms with E-state index in [1.807, 2.05) is 54.6 Å². The van der Waals surface area contributed by atoms with E-state index in [1.54, 1.807) is 13.3 Å². The average molecular weight is 241 g/mol. The van der Waals surface area contributed by atoms with E-state index in [1.165, 1.54) is 0 Å². The molecular formula is C15H15NO2. The molecule has 0 saturated carbocycles. The van der Waals surface area contributed by atoms with Gasteiger partial charge in [0.2, 0.25) is 0 Å². The Bertz CT molecular complexity index is 535. The van der Waals surface area contributed by atoms with Crippen molar-refractivity contribution in [1.29, 1.82) is 0 Å².